The molecule has 2 aromatic carbocycles. The molecule has 0 saturated heterocycles. The van der Waals surface area contributed by atoms with Gasteiger partial charge in [-0.05, 0) is 31.2 Å². The van der Waals surface area contributed by atoms with Gasteiger partial charge in [0.2, 0.25) is 0 Å². The molecule has 0 fully saturated rings. The minimum atomic E-state index is -0.315. The number of methoxy groups -OCH3 is 1. The largest absolute Gasteiger partial charge is 0.468 e. The maximum Gasteiger partial charge on any atom is 0.318 e. The standard InChI is InChI=1S/C17H16N2O2S/c1-12(16(20)21-2)22-17-18-14-10-6-7-11-15(14)19(17)13-8-4-3-5-9-13/h3-12H,1-2H3/t12-/m1/s1. The Morgan fingerprint density at radius 1 is 1.14 bits per heavy atom. The van der Waals surface area contributed by atoms with Crippen molar-refractivity contribution in [2.75, 3.05) is 7.11 Å². The minimum absolute atomic E-state index is 0.253. The number of thioether (sulfide) groups is 1. The highest BCUT2D eigenvalue weighted by atomic mass is 32.2. The molecule has 5 heteroatoms. The van der Waals surface area contributed by atoms with E-state index >= 15 is 0 Å². The van der Waals surface area contributed by atoms with Crippen molar-refractivity contribution in [2.24, 2.45) is 0 Å². The van der Waals surface area contributed by atoms with E-state index in [0.717, 1.165) is 21.9 Å². The fraction of sp³-hybridized carbons (Fsp3) is 0.176. The molecule has 22 heavy (non-hydrogen) atoms. The second-order valence-electron chi connectivity index (χ2n) is 4.84. The first-order valence-electron chi connectivity index (χ1n) is 6.98. The maximum absolute atomic E-state index is 11.7. The molecule has 3 rings (SSSR count). The van der Waals surface area contributed by atoms with Gasteiger partial charge in [0.05, 0.1) is 18.1 Å². The summed E-state index contributed by atoms with van der Waals surface area (Å²) in [5, 5.41) is 0.467. The molecule has 0 N–H and O–H groups in total. The fourth-order valence-corrected chi connectivity index (χ4v) is 3.25. The first kappa shape index (κ1) is 14.7. The van der Waals surface area contributed by atoms with Crippen LogP contribution in [-0.2, 0) is 9.53 Å². The van der Waals surface area contributed by atoms with E-state index in [1.54, 1.807) is 0 Å². The predicted molar refractivity (Wildman–Crippen MR) is 88.4 cm³/mol. The molecule has 0 unspecified atom stereocenters. The highest BCUT2D eigenvalue weighted by Crippen LogP contribution is 2.30. The number of ether oxygens (including phenoxy) is 1. The van der Waals surface area contributed by atoms with Crippen molar-refractivity contribution in [2.45, 2.75) is 17.3 Å². The number of para-hydroxylation sites is 3. The van der Waals surface area contributed by atoms with Crippen LogP contribution in [-0.4, -0.2) is 27.9 Å². The molecule has 0 saturated carbocycles. The first-order chi connectivity index (χ1) is 10.7. The van der Waals surface area contributed by atoms with Crippen molar-refractivity contribution in [1.29, 1.82) is 0 Å². The van der Waals surface area contributed by atoms with Crippen molar-refractivity contribution in [3.05, 3.63) is 54.6 Å². The highest BCUT2D eigenvalue weighted by Gasteiger charge is 2.20. The number of rotatable bonds is 4. The van der Waals surface area contributed by atoms with Crippen LogP contribution in [0.5, 0.6) is 0 Å². The number of aromatic nitrogens is 2. The van der Waals surface area contributed by atoms with Crippen LogP contribution in [0.25, 0.3) is 16.7 Å². The number of carbonyl (C=O) groups excluding carboxylic acids is 1. The van der Waals surface area contributed by atoms with Crippen LogP contribution in [0.3, 0.4) is 0 Å². The molecular formula is C17H16N2O2S. The molecule has 0 bridgehead atoms. The van der Waals surface area contributed by atoms with Gasteiger partial charge in [0.1, 0.15) is 5.25 Å². The Balaban J connectivity index is 2.11. The van der Waals surface area contributed by atoms with E-state index in [2.05, 4.69) is 9.55 Å². The molecule has 1 heterocycles. The van der Waals surface area contributed by atoms with E-state index < -0.39 is 0 Å². The molecular weight excluding hydrogens is 296 g/mol. The lowest BCUT2D eigenvalue weighted by molar-refractivity contribution is -0.139. The summed E-state index contributed by atoms with van der Waals surface area (Å²) in [6.45, 7) is 1.82. The summed E-state index contributed by atoms with van der Waals surface area (Å²) in [7, 11) is 1.40. The number of benzene rings is 2. The van der Waals surface area contributed by atoms with E-state index in [4.69, 9.17) is 4.74 Å². The molecule has 112 valence electrons. The van der Waals surface area contributed by atoms with E-state index in [9.17, 15) is 4.79 Å². The Kier molecular flexibility index (Phi) is 4.15. The summed E-state index contributed by atoms with van der Waals surface area (Å²) in [6, 6.07) is 18.0. The topological polar surface area (TPSA) is 44.1 Å². The summed E-state index contributed by atoms with van der Waals surface area (Å²) in [4.78, 5) is 16.4. The zero-order valence-corrected chi connectivity index (χ0v) is 13.2. The molecule has 0 radical (unpaired) electrons. The Bertz CT molecular complexity index is 799. The fourth-order valence-electron chi connectivity index (χ4n) is 2.28. The van der Waals surface area contributed by atoms with Gasteiger partial charge < -0.3 is 4.74 Å². The third kappa shape index (κ3) is 2.72. The number of esters is 1. The number of carbonyl (C=O) groups is 1. The van der Waals surface area contributed by atoms with Gasteiger partial charge in [0, 0.05) is 5.69 Å². The van der Waals surface area contributed by atoms with Crippen molar-refractivity contribution >= 4 is 28.8 Å². The van der Waals surface area contributed by atoms with Crippen LogP contribution < -0.4 is 0 Å². The third-order valence-corrected chi connectivity index (χ3v) is 4.39. The normalized spacial score (nSPS) is 12.3. The van der Waals surface area contributed by atoms with E-state index in [-0.39, 0.29) is 11.2 Å². The maximum atomic E-state index is 11.7. The average molecular weight is 312 g/mol. The van der Waals surface area contributed by atoms with Crippen LogP contribution in [0.15, 0.2) is 59.8 Å². The van der Waals surface area contributed by atoms with Gasteiger partial charge in [0.25, 0.3) is 0 Å². The van der Waals surface area contributed by atoms with Crippen molar-refractivity contribution in [3.63, 3.8) is 0 Å². The lowest BCUT2D eigenvalue weighted by Gasteiger charge is -2.11. The average Bonchev–Trinajstić information content (AvgIpc) is 2.92. The molecule has 0 aliphatic rings. The quantitative estimate of drug-likeness (QED) is 0.544. The smallest absolute Gasteiger partial charge is 0.318 e. The molecule has 4 nitrogen and oxygen atoms in total. The van der Waals surface area contributed by atoms with Crippen LogP contribution in [0.4, 0.5) is 0 Å². The molecule has 3 aromatic rings. The molecule has 0 aliphatic heterocycles. The van der Waals surface area contributed by atoms with Gasteiger partial charge in [-0.1, -0.05) is 42.1 Å². The monoisotopic (exact) mass is 312 g/mol. The highest BCUT2D eigenvalue weighted by molar-refractivity contribution is 8.00. The molecule has 0 aliphatic carbocycles. The number of imidazole rings is 1. The van der Waals surface area contributed by atoms with Crippen molar-refractivity contribution in [1.82, 2.24) is 9.55 Å². The Morgan fingerprint density at radius 3 is 2.55 bits per heavy atom. The SMILES string of the molecule is COC(=O)[C@@H](C)Sc1nc2ccccc2n1-c1ccccc1. The second kappa shape index (κ2) is 6.23. The molecule has 0 amide bonds. The van der Waals surface area contributed by atoms with Gasteiger partial charge in [0.15, 0.2) is 5.16 Å². The Morgan fingerprint density at radius 2 is 1.82 bits per heavy atom. The zero-order valence-electron chi connectivity index (χ0n) is 12.4. The van der Waals surface area contributed by atoms with Gasteiger partial charge in [-0.15, -0.1) is 0 Å². The van der Waals surface area contributed by atoms with Crippen LogP contribution in [0.1, 0.15) is 6.92 Å². The lowest BCUT2D eigenvalue weighted by Crippen LogP contribution is -2.15. The summed E-state index contributed by atoms with van der Waals surface area (Å²) < 4.78 is 6.88. The third-order valence-electron chi connectivity index (χ3n) is 3.36. The molecule has 0 spiro atoms. The predicted octanol–water partition coefficient (Wildman–Crippen LogP) is 3.68. The Labute approximate surface area is 133 Å². The van der Waals surface area contributed by atoms with Crippen molar-refractivity contribution in [3.8, 4) is 5.69 Å². The molecule has 1 aromatic heterocycles. The second-order valence-corrected chi connectivity index (χ2v) is 6.15. The van der Waals surface area contributed by atoms with E-state index in [1.807, 2.05) is 61.5 Å². The number of fused-ring (bicyclic) bond motifs is 1. The van der Waals surface area contributed by atoms with E-state index in [0.29, 0.717) is 0 Å². The minimum Gasteiger partial charge on any atom is -0.468 e. The number of hydrogen-bond acceptors (Lipinski definition) is 4. The zero-order chi connectivity index (χ0) is 15.5. The van der Waals surface area contributed by atoms with Crippen LogP contribution in [0, 0.1) is 0 Å². The van der Waals surface area contributed by atoms with Gasteiger partial charge >= 0.3 is 5.97 Å². The number of hydrogen-bond donors (Lipinski definition) is 0. The summed E-state index contributed by atoms with van der Waals surface area (Å²) in [5.74, 6) is -0.253. The first-order valence-corrected chi connectivity index (χ1v) is 7.86. The Hall–Kier alpha value is -2.27. The molecule has 1 atom stereocenters. The van der Waals surface area contributed by atoms with Crippen molar-refractivity contribution < 1.29 is 9.53 Å². The number of nitrogens with zero attached hydrogens (tertiary/aromatic N) is 2. The van der Waals surface area contributed by atoms with Crippen LogP contribution in [0.2, 0.25) is 0 Å². The van der Waals surface area contributed by atoms with E-state index in [1.165, 1.54) is 18.9 Å². The van der Waals surface area contributed by atoms with Crippen LogP contribution >= 0.6 is 11.8 Å². The van der Waals surface area contributed by atoms with Gasteiger partial charge in [-0.25, -0.2) is 4.98 Å². The van der Waals surface area contributed by atoms with Gasteiger partial charge in [-0.2, -0.15) is 0 Å². The summed E-state index contributed by atoms with van der Waals surface area (Å²) >= 11 is 1.40. The summed E-state index contributed by atoms with van der Waals surface area (Å²) in [5.41, 5.74) is 2.95. The van der Waals surface area contributed by atoms with Gasteiger partial charge in [-0.3, -0.25) is 9.36 Å². The summed E-state index contributed by atoms with van der Waals surface area (Å²) in [6.07, 6.45) is 0. The lowest BCUT2D eigenvalue weighted by atomic mass is 10.3.